The number of Topliss-reactive ketones (excluding diaryl/α,β-unsaturated/α-hetero) is 1. The van der Waals surface area contributed by atoms with Gasteiger partial charge in [-0.3, -0.25) is 14.5 Å². The minimum absolute atomic E-state index is 0.0648. The van der Waals surface area contributed by atoms with Crippen molar-refractivity contribution in [3.05, 3.63) is 53.4 Å². The molecule has 1 amide bonds. The van der Waals surface area contributed by atoms with E-state index in [1.165, 1.54) is 24.2 Å². The topological polar surface area (TPSA) is 49.4 Å². The maximum atomic E-state index is 12.6. The standard InChI is InChI=1S/C18H18N2O2/c21-17-14-8-4-5-9-15(14)20-16(17)10-12(18(20)22)11-19-13-6-2-1-3-7-13/h4-5,8-11,13,19H,1-3,6-7H2/b12-11-. The van der Waals surface area contributed by atoms with Gasteiger partial charge >= 0.3 is 0 Å². The third kappa shape index (κ3) is 1.98. The summed E-state index contributed by atoms with van der Waals surface area (Å²) in [5.41, 5.74) is 2.36. The third-order valence-corrected chi connectivity index (χ3v) is 4.69. The number of hydrogen-bond acceptors (Lipinski definition) is 3. The van der Waals surface area contributed by atoms with Gasteiger partial charge in [-0.15, -0.1) is 0 Å². The molecule has 112 valence electrons. The van der Waals surface area contributed by atoms with E-state index in [0.717, 1.165) is 12.8 Å². The first-order valence-corrected chi connectivity index (χ1v) is 7.92. The molecular formula is C18H18N2O2. The molecule has 0 bridgehead atoms. The summed E-state index contributed by atoms with van der Waals surface area (Å²) in [6, 6.07) is 7.72. The Morgan fingerprint density at radius 3 is 2.68 bits per heavy atom. The SMILES string of the molecule is O=C1C2=C/C(=C/NC3CCCCC3)C(=O)N2c2ccccc21. The molecule has 4 heteroatoms. The lowest BCUT2D eigenvalue weighted by molar-refractivity contribution is -0.114. The molecule has 1 fully saturated rings. The molecule has 0 spiro atoms. The number of nitrogens with zero attached hydrogens (tertiary/aromatic N) is 1. The Labute approximate surface area is 129 Å². The molecule has 3 aliphatic rings. The fourth-order valence-corrected chi connectivity index (χ4v) is 3.50. The Hall–Kier alpha value is -2.36. The highest BCUT2D eigenvalue weighted by Crippen LogP contribution is 2.39. The summed E-state index contributed by atoms with van der Waals surface area (Å²) in [5.74, 6) is -0.179. The van der Waals surface area contributed by atoms with E-state index in [2.05, 4.69) is 5.32 Å². The Bertz CT molecular complexity index is 712. The van der Waals surface area contributed by atoms with Crippen LogP contribution in [0.3, 0.4) is 0 Å². The molecule has 1 aromatic rings. The molecule has 4 rings (SSSR count). The second-order valence-electron chi connectivity index (χ2n) is 6.12. The van der Waals surface area contributed by atoms with Crippen LogP contribution in [-0.2, 0) is 4.79 Å². The number of carbonyl (C=O) groups excluding carboxylic acids is 2. The molecular weight excluding hydrogens is 276 g/mol. The summed E-state index contributed by atoms with van der Waals surface area (Å²) in [4.78, 5) is 26.5. The summed E-state index contributed by atoms with van der Waals surface area (Å²) in [5, 5.41) is 3.36. The summed E-state index contributed by atoms with van der Waals surface area (Å²) in [6.45, 7) is 0. The number of anilines is 1. The Kier molecular flexibility index (Phi) is 3.10. The second-order valence-corrected chi connectivity index (χ2v) is 6.12. The molecule has 4 nitrogen and oxygen atoms in total. The van der Waals surface area contributed by atoms with Crippen LogP contribution in [0, 0.1) is 0 Å². The highest BCUT2D eigenvalue weighted by atomic mass is 16.2. The van der Waals surface area contributed by atoms with Gasteiger partial charge in [-0.1, -0.05) is 31.4 Å². The normalized spacial score (nSPS) is 22.8. The zero-order valence-electron chi connectivity index (χ0n) is 12.3. The molecule has 2 aliphatic heterocycles. The first-order chi connectivity index (χ1) is 10.8. The lowest BCUT2D eigenvalue weighted by atomic mass is 9.96. The maximum absolute atomic E-state index is 12.6. The molecule has 0 radical (unpaired) electrons. The number of amides is 1. The molecule has 0 unspecified atom stereocenters. The predicted octanol–water partition coefficient (Wildman–Crippen LogP) is 2.92. The van der Waals surface area contributed by atoms with Crippen LogP contribution < -0.4 is 10.2 Å². The van der Waals surface area contributed by atoms with Crippen molar-refractivity contribution >= 4 is 17.4 Å². The molecule has 1 saturated carbocycles. The lowest BCUT2D eigenvalue weighted by Crippen LogP contribution is -2.28. The highest BCUT2D eigenvalue weighted by Gasteiger charge is 2.41. The minimum atomic E-state index is -0.114. The number of benzene rings is 1. The number of para-hydroxylation sites is 1. The number of carbonyl (C=O) groups is 2. The van der Waals surface area contributed by atoms with E-state index in [1.54, 1.807) is 18.3 Å². The molecule has 1 aromatic carbocycles. The number of fused-ring (bicyclic) bond motifs is 3. The van der Waals surface area contributed by atoms with Gasteiger partial charge in [-0.2, -0.15) is 0 Å². The van der Waals surface area contributed by atoms with Crippen molar-refractivity contribution in [1.82, 2.24) is 5.32 Å². The average molecular weight is 294 g/mol. The number of hydrogen-bond donors (Lipinski definition) is 1. The van der Waals surface area contributed by atoms with Crippen LogP contribution in [0.2, 0.25) is 0 Å². The monoisotopic (exact) mass is 294 g/mol. The molecule has 0 aromatic heterocycles. The molecule has 0 saturated heterocycles. The van der Waals surface area contributed by atoms with Crippen LogP contribution in [-0.4, -0.2) is 17.7 Å². The zero-order chi connectivity index (χ0) is 15.1. The fourth-order valence-electron chi connectivity index (χ4n) is 3.50. The highest BCUT2D eigenvalue weighted by molar-refractivity contribution is 6.31. The molecule has 1 N–H and O–H groups in total. The Balaban J connectivity index is 1.59. The van der Waals surface area contributed by atoms with Gasteiger partial charge in [-0.25, -0.2) is 0 Å². The number of rotatable bonds is 2. The van der Waals surface area contributed by atoms with Crippen molar-refractivity contribution in [2.45, 2.75) is 38.1 Å². The number of nitrogens with one attached hydrogen (secondary N) is 1. The fraction of sp³-hybridized carbons (Fsp3) is 0.333. The number of allylic oxidation sites excluding steroid dienone is 1. The van der Waals surface area contributed by atoms with Crippen molar-refractivity contribution in [1.29, 1.82) is 0 Å². The minimum Gasteiger partial charge on any atom is -0.388 e. The van der Waals surface area contributed by atoms with Crippen LogP contribution in [0.15, 0.2) is 47.8 Å². The quantitative estimate of drug-likeness (QED) is 0.853. The van der Waals surface area contributed by atoms with Crippen LogP contribution in [0.5, 0.6) is 0 Å². The van der Waals surface area contributed by atoms with Crippen LogP contribution in [0.4, 0.5) is 5.69 Å². The van der Waals surface area contributed by atoms with Gasteiger partial charge in [0.05, 0.1) is 17.0 Å². The van der Waals surface area contributed by atoms with Gasteiger partial charge in [-0.05, 0) is 31.1 Å². The van der Waals surface area contributed by atoms with E-state index >= 15 is 0 Å². The summed E-state index contributed by atoms with van der Waals surface area (Å²) in [6.07, 6.45) is 9.60. The van der Waals surface area contributed by atoms with Crippen molar-refractivity contribution in [3.8, 4) is 0 Å². The van der Waals surface area contributed by atoms with E-state index in [9.17, 15) is 9.59 Å². The Morgan fingerprint density at radius 1 is 1.09 bits per heavy atom. The maximum Gasteiger partial charge on any atom is 0.264 e. The first-order valence-electron chi connectivity index (χ1n) is 7.92. The number of ketones is 1. The smallest absolute Gasteiger partial charge is 0.264 e. The molecule has 2 heterocycles. The largest absolute Gasteiger partial charge is 0.388 e. The molecule has 0 atom stereocenters. The van der Waals surface area contributed by atoms with Crippen LogP contribution in [0.25, 0.3) is 0 Å². The van der Waals surface area contributed by atoms with Gasteiger partial charge < -0.3 is 5.32 Å². The van der Waals surface area contributed by atoms with E-state index < -0.39 is 0 Å². The second kappa shape index (κ2) is 5.13. The van der Waals surface area contributed by atoms with E-state index in [1.807, 2.05) is 18.2 Å². The van der Waals surface area contributed by atoms with E-state index in [-0.39, 0.29) is 11.7 Å². The molecule has 1 aliphatic carbocycles. The summed E-state index contributed by atoms with van der Waals surface area (Å²) in [7, 11) is 0. The summed E-state index contributed by atoms with van der Waals surface area (Å²) >= 11 is 0. The van der Waals surface area contributed by atoms with Crippen molar-refractivity contribution in [2.75, 3.05) is 4.90 Å². The van der Waals surface area contributed by atoms with Gasteiger partial charge in [0, 0.05) is 17.8 Å². The average Bonchev–Trinajstić information content (AvgIpc) is 3.03. The van der Waals surface area contributed by atoms with Gasteiger partial charge in [0.15, 0.2) is 0 Å². The van der Waals surface area contributed by atoms with Crippen molar-refractivity contribution < 1.29 is 9.59 Å². The molecule has 22 heavy (non-hydrogen) atoms. The third-order valence-electron chi connectivity index (χ3n) is 4.69. The van der Waals surface area contributed by atoms with Gasteiger partial charge in [0.1, 0.15) is 0 Å². The van der Waals surface area contributed by atoms with E-state index in [0.29, 0.717) is 28.6 Å². The lowest BCUT2D eigenvalue weighted by Gasteiger charge is -2.22. The summed E-state index contributed by atoms with van der Waals surface area (Å²) < 4.78 is 0. The van der Waals surface area contributed by atoms with Crippen molar-refractivity contribution in [2.24, 2.45) is 0 Å². The Morgan fingerprint density at radius 2 is 1.86 bits per heavy atom. The van der Waals surface area contributed by atoms with Crippen molar-refractivity contribution in [3.63, 3.8) is 0 Å². The van der Waals surface area contributed by atoms with Crippen LogP contribution in [0.1, 0.15) is 42.5 Å². The first kappa shape index (κ1) is 13.3. The zero-order valence-corrected chi connectivity index (χ0v) is 12.3. The van der Waals surface area contributed by atoms with Gasteiger partial charge in [0.2, 0.25) is 5.78 Å². The van der Waals surface area contributed by atoms with Gasteiger partial charge in [0.25, 0.3) is 5.91 Å². The predicted molar refractivity (Wildman–Crippen MR) is 84.4 cm³/mol. The van der Waals surface area contributed by atoms with Crippen LogP contribution >= 0.6 is 0 Å². The van der Waals surface area contributed by atoms with E-state index in [4.69, 9.17) is 0 Å².